The van der Waals surface area contributed by atoms with Crippen molar-refractivity contribution in [2.24, 2.45) is 0 Å². The maximum absolute atomic E-state index is 12.4. The second kappa shape index (κ2) is 4.31. The first-order chi connectivity index (χ1) is 6.24. The van der Waals surface area contributed by atoms with Crippen LogP contribution < -0.4 is 0 Å². The minimum atomic E-state index is -0.605. The van der Waals surface area contributed by atoms with Crippen molar-refractivity contribution in [2.45, 2.75) is 6.92 Å². The van der Waals surface area contributed by atoms with Crippen molar-refractivity contribution in [1.29, 1.82) is 0 Å². The lowest BCUT2D eigenvalue weighted by molar-refractivity contribution is 0.0550. The number of rotatable bonds is 2. The lowest BCUT2D eigenvalue weighted by atomic mass is 10.4. The molecule has 0 fully saturated rings. The van der Waals surface area contributed by atoms with E-state index in [0.717, 1.165) is 12.3 Å². The van der Waals surface area contributed by atoms with Gasteiger partial charge >= 0.3 is 5.97 Å². The van der Waals surface area contributed by atoms with E-state index < -0.39 is 11.8 Å². The van der Waals surface area contributed by atoms with Gasteiger partial charge < -0.3 is 9.72 Å². The van der Waals surface area contributed by atoms with Crippen molar-refractivity contribution in [2.75, 3.05) is 6.61 Å². The van der Waals surface area contributed by atoms with E-state index in [1.165, 1.54) is 0 Å². The number of ether oxygens (including phenoxy) is 1. The highest BCUT2D eigenvalue weighted by Crippen LogP contribution is 2.02. The summed E-state index contributed by atoms with van der Waals surface area (Å²) in [6, 6.07) is 1.07. The van der Waals surface area contributed by atoms with Gasteiger partial charge in [0.1, 0.15) is 11.5 Å². The SMILES string of the molecule is CC#CCOC(=O)c1cc(F)c[nH]1. The molecule has 1 aromatic heterocycles. The third-order valence-corrected chi connectivity index (χ3v) is 1.32. The van der Waals surface area contributed by atoms with Crippen molar-refractivity contribution in [3.63, 3.8) is 0 Å². The molecule has 0 aliphatic carbocycles. The predicted octanol–water partition coefficient (Wildman–Crippen LogP) is 1.33. The van der Waals surface area contributed by atoms with Crippen LogP contribution in [0.1, 0.15) is 17.4 Å². The molecule has 0 aliphatic rings. The van der Waals surface area contributed by atoms with Crippen LogP contribution in [0.5, 0.6) is 0 Å². The standard InChI is InChI=1S/C9H8FNO2/c1-2-3-4-13-9(12)8-5-7(10)6-11-8/h5-6,11H,4H2,1H3. The van der Waals surface area contributed by atoms with Gasteiger partial charge in [0.15, 0.2) is 6.61 Å². The summed E-state index contributed by atoms with van der Waals surface area (Å²) in [5, 5.41) is 0. The maximum Gasteiger partial charge on any atom is 0.355 e. The molecule has 0 aromatic carbocycles. The lowest BCUT2D eigenvalue weighted by Gasteiger charge is -1.96. The Morgan fingerprint density at radius 3 is 3.08 bits per heavy atom. The van der Waals surface area contributed by atoms with Gasteiger partial charge in [0, 0.05) is 12.3 Å². The van der Waals surface area contributed by atoms with Gasteiger partial charge in [-0.15, -0.1) is 5.92 Å². The number of esters is 1. The Bertz CT molecular complexity index is 359. The summed E-state index contributed by atoms with van der Waals surface area (Å²) in [5.41, 5.74) is 0.0930. The lowest BCUT2D eigenvalue weighted by Crippen LogP contribution is -2.05. The Labute approximate surface area is 74.9 Å². The molecule has 1 rings (SSSR count). The summed E-state index contributed by atoms with van der Waals surface area (Å²) in [6.07, 6.45) is 1.09. The fraction of sp³-hybridized carbons (Fsp3) is 0.222. The van der Waals surface area contributed by atoms with Crippen LogP contribution in [-0.2, 0) is 4.74 Å². The number of nitrogens with one attached hydrogen (secondary N) is 1. The van der Waals surface area contributed by atoms with Gasteiger partial charge in [0.25, 0.3) is 0 Å². The molecule has 1 aromatic rings. The van der Waals surface area contributed by atoms with Crippen molar-refractivity contribution in [3.8, 4) is 11.8 Å². The largest absolute Gasteiger partial charge is 0.448 e. The van der Waals surface area contributed by atoms with Crippen molar-refractivity contribution < 1.29 is 13.9 Å². The van der Waals surface area contributed by atoms with E-state index in [2.05, 4.69) is 21.6 Å². The van der Waals surface area contributed by atoms with Gasteiger partial charge in [0.05, 0.1) is 0 Å². The topological polar surface area (TPSA) is 42.1 Å². The average molecular weight is 181 g/mol. The number of hydrogen-bond acceptors (Lipinski definition) is 2. The van der Waals surface area contributed by atoms with Crippen molar-refractivity contribution >= 4 is 5.97 Å². The molecule has 0 amide bonds. The first-order valence-corrected chi connectivity index (χ1v) is 3.64. The van der Waals surface area contributed by atoms with Crippen molar-refractivity contribution in [3.05, 3.63) is 23.8 Å². The highest BCUT2D eigenvalue weighted by atomic mass is 19.1. The molecular formula is C9H8FNO2. The molecule has 1 N–H and O–H groups in total. The monoisotopic (exact) mass is 181 g/mol. The Morgan fingerprint density at radius 2 is 2.54 bits per heavy atom. The van der Waals surface area contributed by atoms with Crippen LogP contribution in [0.25, 0.3) is 0 Å². The van der Waals surface area contributed by atoms with Crippen molar-refractivity contribution in [1.82, 2.24) is 4.98 Å². The molecule has 0 radical (unpaired) electrons. The molecule has 4 heteroatoms. The highest BCUT2D eigenvalue weighted by Gasteiger charge is 2.08. The predicted molar refractivity (Wildman–Crippen MR) is 44.5 cm³/mol. The van der Waals surface area contributed by atoms with E-state index in [-0.39, 0.29) is 12.3 Å². The third kappa shape index (κ3) is 2.64. The fourth-order valence-corrected chi connectivity index (χ4v) is 0.737. The molecule has 0 aliphatic heterocycles. The minimum Gasteiger partial charge on any atom is -0.448 e. The maximum atomic E-state index is 12.4. The molecule has 13 heavy (non-hydrogen) atoms. The van der Waals surface area contributed by atoms with Crippen LogP contribution in [0.2, 0.25) is 0 Å². The van der Waals surface area contributed by atoms with Gasteiger partial charge in [-0.2, -0.15) is 0 Å². The molecule has 68 valence electrons. The average Bonchev–Trinajstić information content (AvgIpc) is 2.52. The summed E-state index contributed by atoms with van der Waals surface area (Å²) in [5.74, 6) is 4.03. The first kappa shape index (κ1) is 9.33. The second-order valence-electron chi connectivity index (χ2n) is 2.23. The van der Waals surface area contributed by atoms with E-state index in [1.807, 2.05) is 0 Å². The molecule has 0 spiro atoms. The summed E-state index contributed by atoms with van der Waals surface area (Å²) < 4.78 is 17.1. The molecule has 0 saturated heterocycles. The molecule has 0 bridgehead atoms. The number of aromatic nitrogens is 1. The summed E-state index contributed by atoms with van der Waals surface area (Å²) in [7, 11) is 0. The van der Waals surface area contributed by atoms with E-state index in [0.29, 0.717) is 0 Å². The number of carbonyl (C=O) groups is 1. The van der Waals surface area contributed by atoms with Crippen LogP contribution in [0.4, 0.5) is 4.39 Å². The number of halogens is 1. The van der Waals surface area contributed by atoms with Crippen LogP contribution in [0, 0.1) is 17.7 Å². The zero-order valence-corrected chi connectivity index (χ0v) is 7.06. The van der Waals surface area contributed by atoms with E-state index >= 15 is 0 Å². The Morgan fingerprint density at radius 1 is 1.77 bits per heavy atom. The van der Waals surface area contributed by atoms with Gasteiger partial charge in [-0.25, -0.2) is 9.18 Å². The summed E-state index contributed by atoms with van der Waals surface area (Å²) in [4.78, 5) is 13.5. The molecule has 0 saturated carbocycles. The fourth-order valence-electron chi connectivity index (χ4n) is 0.737. The Balaban J connectivity index is 2.52. The number of H-pyrrole nitrogens is 1. The smallest absolute Gasteiger partial charge is 0.355 e. The summed E-state index contributed by atoms with van der Waals surface area (Å²) in [6.45, 7) is 1.66. The van der Waals surface area contributed by atoms with E-state index in [9.17, 15) is 9.18 Å². The number of carbonyl (C=O) groups excluding carboxylic acids is 1. The van der Waals surface area contributed by atoms with Gasteiger partial charge in [-0.3, -0.25) is 0 Å². The quantitative estimate of drug-likeness (QED) is 0.552. The van der Waals surface area contributed by atoms with Gasteiger partial charge in [0.2, 0.25) is 0 Å². The zero-order chi connectivity index (χ0) is 9.68. The summed E-state index contributed by atoms with van der Waals surface area (Å²) >= 11 is 0. The van der Waals surface area contributed by atoms with Gasteiger partial charge in [-0.1, -0.05) is 5.92 Å². The van der Waals surface area contributed by atoms with Crippen LogP contribution in [0.15, 0.2) is 12.3 Å². The van der Waals surface area contributed by atoms with E-state index in [4.69, 9.17) is 0 Å². The van der Waals surface area contributed by atoms with Crippen LogP contribution >= 0.6 is 0 Å². The van der Waals surface area contributed by atoms with E-state index in [1.54, 1.807) is 6.92 Å². The molecule has 0 atom stereocenters. The highest BCUT2D eigenvalue weighted by molar-refractivity contribution is 5.87. The first-order valence-electron chi connectivity index (χ1n) is 3.64. The minimum absolute atomic E-state index is 0.0238. The molecule has 0 unspecified atom stereocenters. The number of aromatic amines is 1. The molecule has 1 heterocycles. The Kier molecular flexibility index (Phi) is 3.09. The second-order valence-corrected chi connectivity index (χ2v) is 2.23. The normalized spacial score (nSPS) is 8.77. The van der Waals surface area contributed by atoms with Crippen LogP contribution in [-0.4, -0.2) is 17.6 Å². The number of hydrogen-bond donors (Lipinski definition) is 1. The van der Waals surface area contributed by atoms with Crippen LogP contribution in [0.3, 0.4) is 0 Å². The molecule has 3 nitrogen and oxygen atoms in total. The molecular weight excluding hydrogens is 173 g/mol. The third-order valence-electron chi connectivity index (χ3n) is 1.32. The Hall–Kier alpha value is -1.76. The zero-order valence-electron chi connectivity index (χ0n) is 7.06. The van der Waals surface area contributed by atoms with Gasteiger partial charge in [-0.05, 0) is 6.92 Å².